The number of halogens is 2. The van der Waals surface area contributed by atoms with Gasteiger partial charge in [-0.25, -0.2) is 9.18 Å². The normalized spacial score (nSPS) is 10.6. The number of hydrogen-bond donors (Lipinski definition) is 2. The van der Waals surface area contributed by atoms with Gasteiger partial charge in [-0.2, -0.15) is 0 Å². The van der Waals surface area contributed by atoms with E-state index in [1.165, 1.54) is 18.2 Å². The minimum absolute atomic E-state index is 0.0331. The van der Waals surface area contributed by atoms with E-state index in [0.29, 0.717) is 12.2 Å². The molecule has 0 fully saturated rings. The standard InChI is InChI=1S/C20H19ClFN3O/c1-13-10-15(14(2)25(13)17-6-4-3-5-7-17)12-23-20(26)24-16-8-9-19(22)18(21)11-16/h3-11H,12H2,1-2H3,(H2,23,24,26). The lowest BCUT2D eigenvalue weighted by Crippen LogP contribution is -2.28. The first-order chi connectivity index (χ1) is 12.5. The highest BCUT2D eigenvalue weighted by Gasteiger charge is 2.12. The van der Waals surface area contributed by atoms with E-state index in [-0.39, 0.29) is 11.1 Å². The summed E-state index contributed by atoms with van der Waals surface area (Å²) in [5.74, 6) is -0.522. The second-order valence-corrected chi connectivity index (χ2v) is 6.41. The van der Waals surface area contributed by atoms with Gasteiger partial charge in [-0.15, -0.1) is 0 Å². The van der Waals surface area contributed by atoms with Crippen molar-refractivity contribution in [2.45, 2.75) is 20.4 Å². The Kier molecular flexibility index (Phi) is 5.28. The summed E-state index contributed by atoms with van der Waals surface area (Å²) in [6.07, 6.45) is 0. The van der Waals surface area contributed by atoms with Crippen LogP contribution in [0, 0.1) is 19.7 Å². The molecule has 26 heavy (non-hydrogen) atoms. The van der Waals surface area contributed by atoms with Crippen molar-refractivity contribution < 1.29 is 9.18 Å². The van der Waals surface area contributed by atoms with Crippen molar-refractivity contribution in [2.24, 2.45) is 0 Å². The van der Waals surface area contributed by atoms with Crippen LogP contribution in [0.3, 0.4) is 0 Å². The first kappa shape index (κ1) is 18.0. The van der Waals surface area contributed by atoms with Crippen LogP contribution in [-0.2, 0) is 6.54 Å². The fourth-order valence-corrected chi connectivity index (χ4v) is 3.09. The van der Waals surface area contributed by atoms with Crippen molar-refractivity contribution in [3.63, 3.8) is 0 Å². The molecule has 0 radical (unpaired) electrons. The fraction of sp³-hybridized carbons (Fsp3) is 0.150. The summed E-state index contributed by atoms with van der Waals surface area (Å²) in [6, 6.07) is 15.8. The lowest BCUT2D eigenvalue weighted by molar-refractivity contribution is 0.251. The van der Waals surface area contributed by atoms with Gasteiger partial charge >= 0.3 is 6.03 Å². The number of carbonyl (C=O) groups excluding carboxylic acids is 1. The van der Waals surface area contributed by atoms with E-state index in [2.05, 4.69) is 21.3 Å². The number of urea groups is 1. The number of nitrogens with zero attached hydrogens (tertiary/aromatic N) is 1. The Morgan fingerprint density at radius 3 is 2.54 bits per heavy atom. The van der Waals surface area contributed by atoms with Crippen LogP contribution in [0.1, 0.15) is 17.0 Å². The van der Waals surface area contributed by atoms with E-state index in [9.17, 15) is 9.18 Å². The molecule has 4 nitrogen and oxygen atoms in total. The van der Waals surface area contributed by atoms with Crippen molar-refractivity contribution in [2.75, 3.05) is 5.32 Å². The van der Waals surface area contributed by atoms with Crippen LogP contribution in [-0.4, -0.2) is 10.6 Å². The second kappa shape index (κ2) is 7.62. The van der Waals surface area contributed by atoms with Crippen LogP contribution < -0.4 is 10.6 Å². The quantitative estimate of drug-likeness (QED) is 0.649. The molecule has 134 valence electrons. The largest absolute Gasteiger partial charge is 0.334 e. The van der Waals surface area contributed by atoms with Gasteiger partial charge in [0.15, 0.2) is 0 Å². The molecule has 0 bridgehead atoms. The predicted molar refractivity (Wildman–Crippen MR) is 103 cm³/mol. The number of carbonyl (C=O) groups is 1. The lowest BCUT2D eigenvalue weighted by Gasteiger charge is -2.11. The molecule has 2 aromatic carbocycles. The van der Waals surface area contributed by atoms with Gasteiger partial charge in [0.25, 0.3) is 0 Å². The molecule has 0 unspecified atom stereocenters. The number of hydrogen-bond acceptors (Lipinski definition) is 1. The number of nitrogens with one attached hydrogen (secondary N) is 2. The van der Waals surface area contributed by atoms with E-state index in [0.717, 1.165) is 22.6 Å². The van der Waals surface area contributed by atoms with Gasteiger partial charge < -0.3 is 15.2 Å². The zero-order valence-electron chi connectivity index (χ0n) is 14.5. The Morgan fingerprint density at radius 1 is 1.12 bits per heavy atom. The number of aromatic nitrogens is 1. The molecule has 0 saturated carbocycles. The summed E-state index contributed by atoms with van der Waals surface area (Å²) < 4.78 is 15.3. The maximum Gasteiger partial charge on any atom is 0.319 e. The number of rotatable bonds is 4. The van der Waals surface area contributed by atoms with Crippen molar-refractivity contribution in [1.82, 2.24) is 9.88 Å². The van der Waals surface area contributed by atoms with Gasteiger partial charge in [-0.1, -0.05) is 29.8 Å². The van der Waals surface area contributed by atoms with Crippen LogP contribution in [0.4, 0.5) is 14.9 Å². The molecule has 3 rings (SSSR count). The summed E-state index contributed by atoms with van der Waals surface area (Å²) in [5.41, 5.74) is 4.71. The zero-order valence-corrected chi connectivity index (χ0v) is 15.3. The van der Waals surface area contributed by atoms with Gasteiger partial charge in [0.05, 0.1) is 5.02 Å². The molecule has 1 aromatic heterocycles. The molecule has 3 aromatic rings. The number of para-hydroxylation sites is 1. The summed E-state index contributed by atoms with van der Waals surface area (Å²) >= 11 is 5.72. The van der Waals surface area contributed by atoms with Crippen molar-refractivity contribution >= 4 is 23.3 Å². The third-order valence-corrected chi connectivity index (χ3v) is 4.46. The van der Waals surface area contributed by atoms with Crippen LogP contribution >= 0.6 is 11.6 Å². The maximum atomic E-state index is 13.2. The highest BCUT2D eigenvalue weighted by molar-refractivity contribution is 6.31. The van der Waals surface area contributed by atoms with Crippen LogP contribution in [0.2, 0.25) is 5.02 Å². The van der Waals surface area contributed by atoms with Gasteiger partial charge in [-0.3, -0.25) is 0 Å². The number of amides is 2. The molecular formula is C20H19ClFN3O. The molecule has 0 aliphatic carbocycles. The number of anilines is 1. The molecule has 0 aliphatic heterocycles. The SMILES string of the molecule is Cc1cc(CNC(=O)Nc2ccc(F)c(Cl)c2)c(C)n1-c1ccccc1. The Bertz CT molecular complexity index is 938. The maximum absolute atomic E-state index is 13.2. The molecule has 0 spiro atoms. The first-order valence-electron chi connectivity index (χ1n) is 8.19. The van der Waals surface area contributed by atoms with Crippen LogP contribution in [0.5, 0.6) is 0 Å². The third-order valence-electron chi connectivity index (χ3n) is 4.17. The van der Waals surface area contributed by atoms with Crippen molar-refractivity contribution in [3.05, 3.63) is 82.4 Å². The molecule has 2 N–H and O–H groups in total. The molecule has 0 atom stereocenters. The monoisotopic (exact) mass is 371 g/mol. The number of aryl methyl sites for hydroxylation is 1. The fourth-order valence-electron chi connectivity index (χ4n) is 2.91. The lowest BCUT2D eigenvalue weighted by atomic mass is 10.2. The highest BCUT2D eigenvalue weighted by Crippen LogP contribution is 2.21. The zero-order chi connectivity index (χ0) is 18.7. The Hall–Kier alpha value is -2.79. The van der Waals surface area contributed by atoms with E-state index < -0.39 is 5.82 Å². The topological polar surface area (TPSA) is 46.1 Å². The Morgan fingerprint density at radius 2 is 1.85 bits per heavy atom. The molecule has 0 aliphatic rings. The van der Waals surface area contributed by atoms with Gasteiger partial charge in [0.2, 0.25) is 0 Å². The van der Waals surface area contributed by atoms with Crippen molar-refractivity contribution in [1.29, 1.82) is 0 Å². The molecule has 2 amide bonds. The summed E-state index contributed by atoms with van der Waals surface area (Å²) in [5, 5.41) is 5.43. The minimum Gasteiger partial charge on any atom is -0.334 e. The number of benzene rings is 2. The van der Waals surface area contributed by atoms with E-state index in [4.69, 9.17) is 11.6 Å². The first-order valence-corrected chi connectivity index (χ1v) is 8.56. The Balaban J connectivity index is 1.68. The van der Waals surface area contributed by atoms with Gasteiger partial charge in [-0.05, 0) is 55.8 Å². The summed E-state index contributed by atoms with van der Waals surface area (Å²) in [4.78, 5) is 12.1. The van der Waals surface area contributed by atoms with Crippen LogP contribution in [0.15, 0.2) is 54.6 Å². The summed E-state index contributed by atoms with van der Waals surface area (Å²) in [7, 11) is 0. The van der Waals surface area contributed by atoms with E-state index in [1.807, 2.05) is 44.2 Å². The predicted octanol–water partition coefficient (Wildman–Crippen LogP) is 5.21. The van der Waals surface area contributed by atoms with Crippen molar-refractivity contribution in [3.8, 4) is 5.69 Å². The molecule has 0 saturated heterocycles. The minimum atomic E-state index is -0.522. The second-order valence-electron chi connectivity index (χ2n) is 6.00. The van der Waals surface area contributed by atoms with Gasteiger partial charge in [0, 0.05) is 29.3 Å². The summed E-state index contributed by atoms with van der Waals surface area (Å²) in [6.45, 7) is 4.44. The smallest absolute Gasteiger partial charge is 0.319 e. The molecule has 6 heteroatoms. The average molecular weight is 372 g/mol. The average Bonchev–Trinajstić information content (AvgIpc) is 2.91. The molecule has 1 heterocycles. The van der Waals surface area contributed by atoms with E-state index >= 15 is 0 Å². The third kappa shape index (κ3) is 3.89. The Labute approximate surface area is 156 Å². The van der Waals surface area contributed by atoms with E-state index in [1.54, 1.807) is 0 Å². The highest BCUT2D eigenvalue weighted by atomic mass is 35.5. The van der Waals surface area contributed by atoms with Gasteiger partial charge in [0.1, 0.15) is 5.82 Å². The van der Waals surface area contributed by atoms with Crippen LogP contribution in [0.25, 0.3) is 5.69 Å². The molecular weight excluding hydrogens is 353 g/mol.